The van der Waals surface area contributed by atoms with Crippen LogP contribution in [0.3, 0.4) is 0 Å². The summed E-state index contributed by atoms with van der Waals surface area (Å²) >= 11 is 0. The highest BCUT2D eigenvalue weighted by Crippen LogP contribution is 2.25. The summed E-state index contributed by atoms with van der Waals surface area (Å²) in [6.07, 6.45) is 46.9. The molecule has 54 heavy (non-hydrogen) atoms. The van der Waals surface area contributed by atoms with Crippen LogP contribution in [0.25, 0.3) is 0 Å². The molecular formula is C47H99NO6. The molecule has 7 heteroatoms. The molecule has 1 saturated heterocycles. The summed E-state index contributed by atoms with van der Waals surface area (Å²) in [7, 11) is 4.28. The Balaban J connectivity index is -0.000000758. The van der Waals surface area contributed by atoms with Crippen LogP contribution < -0.4 is 0 Å². The van der Waals surface area contributed by atoms with Crippen LogP contribution in [0.5, 0.6) is 0 Å². The van der Waals surface area contributed by atoms with Crippen LogP contribution >= 0.6 is 0 Å². The summed E-state index contributed by atoms with van der Waals surface area (Å²) in [5, 5.41) is 24.0. The topological polar surface area (TPSA) is 99.5 Å². The summed E-state index contributed by atoms with van der Waals surface area (Å²) in [5.41, 5.74) is 0. The lowest BCUT2D eigenvalue weighted by atomic mass is 10.1. The maximum Gasteiger partial charge on any atom is 0.290 e. The predicted octanol–water partition coefficient (Wildman–Crippen LogP) is 13.7. The third-order valence-corrected chi connectivity index (χ3v) is 10.3. The highest BCUT2D eigenvalue weighted by molar-refractivity contribution is 5.32. The van der Waals surface area contributed by atoms with Crippen LogP contribution in [0.15, 0.2) is 0 Å². The summed E-state index contributed by atoms with van der Waals surface area (Å²) in [5.74, 6) is 0. The molecule has 0 amide bonds. The fourth-order valence-corrected chi connectivity index (χ4v) is 6.81. The minimum atomic E-state index is -0.250. The van der Waals surface area contributed by atoms with Gasteiger partial charge in [-0.3, -0.25) is 4.79 Å². The van der Waals surface area contributed by atoms with Crippen molar-refractivity contribution in [3.05, 3.63) is 0 Å². The lowest BCUT2D eigenvalue weighted by Crippen LogP contribution is -2.16. The zero-order chi connectivity index (χ0) is 40.4. The van der Waals surface area contributed by atoms with E-state index >= 15 is 0 Å². The Kier molecular flexibility index (Phi) is 58.0. The molecule has 0 aromatic rings. The number of carbonyl (C=O) groups is 1. The van der Waals surface area contributed by atoms with Crippen molar-refractivity contribution in [2.24, 2.45) is 0 Å². The first-order chi connectivity index (χ1) is 26.5. The fraction of sp³-hybridized carbons (Fsp3) is 0.979. The Labute approximate surface area is 338 Å². The van der Waals surface area contributed by atoms with Crippen molar-refractivity contribution in [2.75, 3.05) is 40.5 Å². The predicted molar refractivity (Wildman–Crippen MR) is 235 cm³/mol. The van der Waals surface area contributed by atoms with E-state index in [0.717, 1.165) is 25.9 Å². The number of nitrogens with zero attached hydrogens (tertiary/aromatic N) is 1. The average molecular weight is 774 g/mol. The molecule has 0 spiro atoms. The van der Waals surface area contributed by atoms with Crippen LogP contribution in [-0.2, 0) is 14.3 Å². The van der Waals surface area contributed by atoms with Gasteiger partial charge in [0.2, 0.25) is 0 Å². The molecule has 0 aromatic carbocycles. The van der Waals surface area contributed by atoms with Crippen molar-refractivity contribution in [1.82, 2.24) is 4.90 Å². The molecule has 1 aliphatic rings. The molecule has 0 aliphatic carbocycles. The van der Waals surface area contributed by atoms with E-state index in [2.05, 4.69) is 39.8 Å². The summed E-state index contributed by atoms with van der Waals surface area (Å²) in [6.45, 7) is 9.36. The van der Waals surface area contributed by atoms with Gasteiger partial charge in [0, 0.05) is 26.2 Å². The Morgan fingerprint density at radius 3 is 1.19 bits per heavy atom. The van der Waals surface area contributed by atoms with Gasteiger partial charge in [0.1, 0.15) is 0 Å². The molecule has 2 unspecified atom stereocenters. The van der Waals surface area contributed by atoms with Gasteiger partial charge in [-0.1, -0.05) is 194 Å². The molecule has 3 N–H and O–H groups in total. The molecule has 1 fully saturated rings. The van der Waals surface area contributed by atoms with E-state index in [-0.39, 0.29) is 12.8 Å². The Hall–Kier alpha value is -0.730. The van der Waals surface area contributed by atoms with Crippen molar-refractivity contribution >= 4 is 6.47 Å². The van der Waals surface area contributed by atoms with E-state index in [1.807, 2.05) is 0 Å². The van der Waals surface area contributed by atoms with E-state index in [4.69, 9.17) is 29.6 Å². The van der Waals surface area contributed by atoms with Crippen molar-refractivity contribution in [2.45, 2.75) is 258 Å². The molecule has 1 aliphatic heterocycles. The molecule has 0 aromatic heterocycles. The second-order valence-corrected chi connectivity index (χ2v) is 16.0. The second-order valence-electron chi connectivity index (χ2n) is 16.0. The van der Waals surface area contributed by atoms with Crippen molar-refractivity contribution in [1.29, 1.82) is 0 Å². The average Bonchev–Trinajstić information content (AvgIpc) is 3.62. The molecule has 0 radical (unpaired) electrons. The standard InChI is InChI=1S/C22H45NO2.2C12H26O.CH2O2/c1-4-5-6-7-8-9-10-11-12-15-20-24-22-18-17-21(25-22)16-13-14-19-23(2)3;2*1-2-3-4-5-6-7-8-9-10-11-12-13;2-1-3/h21-22H,4-20H2,1-3H3;2*13H,2-12H2,1H3;1H,(H,2,3). The molecule has 0 saturated carbocycles. The minimum Gasteiger partial charge on any atom is -0.483 e. The lowest BCUT2D eigenvalue weighted by Gasteiger charge is -2.15. The van der Waals surface area contributed by atoms with Crippen LogP contribution in [0.2, 0.25) is 0 Å². The van der Waals surface area contributed by atoms with Gasteiger partial charge in [0.15, 0.2) is 6.29 Å². The quantitative estimate of drug-likeness (QED) is 0.0427. The monoisotopic (exact) mass is 774 g/mol. The van der Waals surface area contributed by atoms with E-state index in [0.29, 0.717) is 19.3 Å². The third-order valence-electron chi connectivity index (χ3n) is 10.3. The maximum absolute atomic E-state index is 8.57. The van der Waals surface area contributed by atoms with Gasteiger partial charge < -0.3 is 29.7 Å². The van der Waals surface area contributed by atoms with Crippen molar-refractivity contribution < 1.29 is 29.6 Å². The zero-order valence-electron chi connectivity index (χ0n) is 37.3. The van der Waals surface area contributed by atoms with E-state index in [9.17, 15) is 0 Å². The number of aliphatic hydroxyl groups is 2. The largest absolute Gasteiger partial charge is 0.483 e. The Morgan fingerprint density at radius 1 is 0.519 bits per heavy atom. The normalized spacial score (nSPS) is 14.9. The van der Waals surface area contributed by atoms with Gasteiger partial charge in [-0.05, 0) is 65.6 Å². The minimum absolute atomic E-state index is 0.0809. The number of unbranched alkanes of at least 4 members (excludes halogenated alkanes) is 28. The Bertz CT molecular complexity index is 595. The molecule has 0 bridgehead atoms. The summed E-state index contributed by atoms with van der Waals surface area (Å²) in [4.78, 5) is 10.6. The second kappa shape index (κ2) is 54.4. The first-order valence-electron chi connectivity index (χ1n) is 23.7. The van der Waals surface area contributed by atoms with E-state index in [1.54, 1.807) is 0 Å². The highest BCUT2D eigenvalue weighted by atomic mass is 16.7. The van der Waals surface area contributed by atoms with Gasteiger partial charge in [0.25, 0.3) is 6.47 Å². The first kappa shape index (κ1) is 57.6. The number of aliphatic hydroxyl groups excluding tert-OH is 2. The van der Waals surface area contributed by atoms with Crippen LogP contribution in [0.4, 0.5) is 0 Å². The van der Waals surface area contributed by atoms with Crippen LogP contribution in [0, 0.1) is 0 Å². The van der Waals surface area contributed by atoms with Gasteiger partial charge >= 0.3 is 0 Å². The van der Waals surface area contributed by atoms with E-state index in [1.165, 1.54) is 212 Å². The number of carboxylic acid groups (broad SMARTS) is 1. The Morgan fingerprint density at radius 2 is 0.852 bits per heavy atom. The van der Waals surface area contributed by atoms with Gasteiger partial charge in [-0.2, -0.15) is 0 Å². The lowest BCUT2D eigenvalue weighted by molar-refractivity contribution is -0.135. The molecule has 1 heterocycles. The van der Waals surface area contributed by atoms with Crippen molar-refractivity contribution in [3.63, 3.8) is 0 Å². The number of hydrogen-bond donors (Lipinski definition) is 3. The van der Waals surface area contributed by atoms with Crippen LogP contribution in [0.1, 0.15) is 245 Å². The number of hydrogen-bond acceptors (Lipinski definition) is 6. The first-order valence-corrected chi connectivity index (χ1v) is 23.7. The van der Waals surface area contributed by atoms with E-state index < -0.39 is 0 Å². The SMILES string of the molecule is CCCCCCCCCCCCO.CCCCCCCCCCCCO.CCCCCCCCCCCCOC1CCC(CCCCN(C)C)O1.O=CO. The summed E-state index contributed by atoms with van der Waals surface area (Å²) < 4.78 is 11.9. The van der Waals surface area contributed by atoms with Gasteiger partial charge in [0.05, 0.1) is 6.10 Å². The maximum atomic E-state index is 8.57. The third kappa shape index (κ3) is 55.6. The summed E-state index contributed by atoms with van der Waals surface area (Å²) in [6, 6.07) is 0. The molecule has 2 atom stereocenters. The van der Waals surface area contributed by atoms with Crippen LogP contribution in [-0.4, -0.2) is 79.5 Å². The van der Waals surface area contributed by atoms with Crippen molar-refractivity contribution in [3.8, 4) is 0 Å². The zero-order valence-corrected chi connectivity index (χ0v) is 37.3. The fourth-order valence-electron chi connectivity index (χ4n) is 6.81. The molecule has 7 nitrogen and oxygen atoms in total. The number of ether oxygens (including phenoxy) is 2. The molecule has 1 rings (SSSR count). The highest BCUT2D eigenvalue weighted by Gasteiger charge is 2.25. The molecule has 328 valence electrons. The number of rotatable bonds is 37. The van der Waals surface area contributed by atoms with Gasteiger partial charge in [-0.25, -0.2) is 0 Å². The molecular weight excluding hydrogens is 675 g/mol. The van der Waals surface area contributed by atoms with Gasteiger partial charge in [-0.15, -0.1) is 0 Å². The smallest absolute Gasteiger partial charge is 0.290 e.